The Labute approximate surface area is 114 Å². The van der Waals surface area contributed by atoms with E-state index in [1.165, 1.54) is 30.0 Å². The number of benzene rings is 1. The van der Waals surface area contributed by atoms with E-state index in [2.05, 4.69) is 17.2 Å². The van der Waals surface area contributed by atoms with E-state index in [1.54, 1.807) is 6.07 Å². The van der Waals surface area contributed by atoms with E-state index in [0.29, 0.717) is 17.0 Å². The third-order valence-electron chi connectivity index (χ3n) is 2.74. The van der Waals surface area contributed by atoms with Crippen LogP contribution in [0.25, 0.3) is 0 Å². The van der Waals surface area contributed by atoms with Gasteiger partial charge in [-0.15, -0.1) is 0 Å². The Balaban J connectivity index is 2.11. The molecule has 1 heterocycles. The van der Waals surface area contributed by atoms with Crippen molar-refractivity contribution in [2.75, 3.05) is 6.54 Å². The SMILES string of the molecule is CCC1CN=C(NC(=O)c2ccccc2[N+](=O)[O-])S1. The molecule has 0 saturated carbocycles. The minimum Gasteiger partial charge on any atom is -0.301 e. The molecule has 1 atom stereocenters. The fourth-order valence-corrected chi connectivity index (χ4v) is 2.62. The molecule has 1 aromatic carbocycles. The summed E-state index contributed by atoms with van der Waals surface area (Å²) in [5.41, 5.74) is -0.147. The summed E-state index contributed by atoms with van der Waals surface area (Å²) in [5.74, 6) is -0.490. The number of rotatable bonds is 3. The standard InChI is InChI=1S/C12H13N3O3S/c1-2-8-7-13-12(19-8)14-11(16)9-5-3-4-6-10(9)15(17)18/h3-6,8H,2,7H2,1H3,(H,13,14,16). The predicted octanol–water partition coefficient (Wildman–Crippen LogP) is 2.21. The van der Waals surface area contributed by atoms with Gasteiger partial charge in [0.25, 0.3) is 11.6 Å². The van der Waals surface area contributed by atoms with Gasteiger partial charge >= 0.3 is 0 Å². The molecule has 0 saturated heterocycles. The molecule has 7 heteroatoms. The van der Waals surface area contributed by atoms with Crippen LogP contribution >= 0.6 is 11.8 Å². The molecule has 0 spiro atoms. The molecule has 1 N–H and O–H groups in total. The average Bonchev–Trinajstić information content (AvgIpc) is 2.86. The number of thioether (sulfide) groups is 1. The van der Waals surface area contributed by atoms with Gasteiger partial charge in [-0.25, -0.2) is 0 Å². The number of nitrogens with zero attached hydrogens (tertiary/aromatic N) is 2. The third-order valence-corrected chi connectivity index (χ3v) is 4.01. The minimum atomic E-state index is -0.562. The highest BCUT2D eigenvalue weighted by atomic mass is 32.2. The van der Waals surface area contributed by atoms with E-state index in [4.69, 9.17) is 0 Å². The van der Waals surface area contributed by atoms with Gasteiger partial charge in [-0.05, 0) is 12.5 Å². The molecule has 0 bridgehead atoms. The molecule has 0 fully saturated rings. The number of hydrogen-bond donors (Lipinski definition) is 1. The van der Waals surface area contributed by atoms with Gasteiger partial charge in [0.15, 0.2) is 5.17 Å². The highest BCUT2D eigenvalue weighted by molar-refractivity contribution is 8.14. The quantitative estimate of drug-likeness (QED) is 0.679. The molecule has 0 radical (unpaired) electrons. The molecule has 2 rings (SSSR count). The van der Waals surface area contributed by atoms with Gasteiger partial charge in [0.2, 0.25) is 0 Å². The highest BCUT2D eigenvalue weighted by Crippen LogP contribution is 2.23. The van der Waals surface area contributed by atoms with Gasteiger partial charge in [-0.3, -0.25) is 19.9 Å². The number of nitro benzene ring substituents is 1. The summed E-state index contributed by atoms with van der Waals surface area (Å²) >= 11 is 1.50. The second-order valence-corrected chi connectivity index (χ2v) is 5.31. The summed E-state index contributed by atoms with van der Waals surface area (Å²) in [6.45, 7) is 2.73. The number of hydrogen-bond acceptors (Lipinski definition) is 5. The van der Waals surface area contributed by atoms with E-state index < -0.39 is 10.8 Å². The maximum atomic E-state index is 12.0. The zero-order valence-electron chi connectivity index (χ0n) is 10.3. The number of carbonyl (C=O) groups excluding carboxylic acids is 1. The number of amidine groups is 1. The van der Waals surface area contributed by atoms with Crippen LogP contribution in [-0.4, -0.2) is 27.8 Å². The first-order valence-corrected chi connectivity index (χ1v) is 6.75. The first-order chi connectivity index (χ1) is 9.11. The molecule has 1 aliphatic heterocycles. The Bertz CT molecular complexity index is 545. The highest BCUT2D eigenvalue weighted by Gasteiger charge is 2.23. The molecule has 6 nitrogen and oxygen atoms in total. The summed E-state index contributed by atoms with van der Waals surface area (Å²) in [5, 5.41) is 14.4. The first kappa shape index (κ1) is 13.5. The van der Waals surface area contributed by atoms with E-state index in [9.17, 15) is 14.9 Å². The van der Waals surface area contributed by atoms with Gasteiger partial charge in [-0.1, -0.05) is 30.8 Å². The molecule has 0 aliphatic carbocycles. The Hall–Kier alpha value is -1.89. The van der Waals surface area contributed by atoms with E-state index in [-0.39, 0.29) is 11.3 Å². The molecule has 1 unspecified atom stereocenters. The van der Waals surface area contributed by atoms with Crippen molar-refractivity contribution in [1.29, 1.82) is 0 Å². The molecule has 1 aromatic rings. The number of nitrogens with one attached hydrogen (secondary N) is 1. The van der Waals surface area contributed by atoms with Crippen LogP contribution in [0.2, 0.25) is 0 Å². The lowest BCUT2D eigenvalue weighted by molar-refractivity contribution is -0.385. The van der Waals surface area contributed by atoms with E-state index in [0.717, 1.165) is 6.42 Å². The molecular weight excluding hydrogens is 266 g/mol. The number of amides is 1. The average molecular weight is 279 g/mol. The first-order valence-electron chi connectivity index (χ1n) is 5.87. The molecule has 0 aromatic heterocycles. The lowest BCUT2D eigenvalue weighted by Crippen LogP contribution is -2.28. The topological polar surface area (TPSA) is 84.6 Å². The molecular formula is C12H13N3O3S. The lowest BCUT2D eigenvalue weighted by atomic mass is 10.1. The fourth-order valence-electron chi connectivity index (χ4n) is 1.69. The minimum absolute atomic E-state index is 0.0516. The Morgan fingerprint density at radius 2 is 2.32 bits per heavy atom. The van der Waals surface area contributed by atoms with Gasteiger partial charge in [0, 0.05) is 11.3 Å². The Morgan fingerprint density at radius 3 is 2.95 bits per heavy atom. The van der Waals surface area contributed by atoms with Crippen LogP contribution in [0.15, 0.2) is 29.3 Å². The summed E-state index contributed by atoms with van der Waals surface area (Å²) in [6.07, 6.45) is 0.971. The molecule has 100 valence electrons. The van der Waals surface area contributed by atoms with Crippen LogP contribution < -0.4 is 5.32 Å². The van der Waals surface area contributed by atoms with E-state index in [1.807, 2.05) is 0 Å². The molecule has 19 heavy (non-hydrogen) atoms. The van der Waals surface area contributed by atoms with Gasteiger partial charge in [0.05, 0.1) is 11.5 Å². The number of aliphatic imine (C=N–C) groups is 1. The van der Waals surface area contributed by atoms with Crippen molar-refractivity contribution in [2.45, 2.75) is 18.6 Å². The monoisotopic (exact) mass is 279 g/mol. The summed E-state index contributed by atoms with van der Waals surface area (Å²) in [6, 6.07) is 5.88. The van der Waals surface area contributed by atoms with Crippen molar-refractivity contribution < 1.29 is 9.72 Å². The molecule has 1 aliphatic rings. The summed E-state index contributed by atoms with van der Waals surface area (Å²) in [7, 11) is 0. The predicted molar refractivity (Wildman–Crippen MR) is 74.5 cm³/mol. The lowest BCUT2D eigenvalue weighted by Gasteiger charge is -2.06. The zero-order chi connectivity index (χ0) is 13.8. The van der Waals surface area contributed by atoms with Crippen LogP contribution in [0.3, 0.4) is 0 Å². The zero-order valence-corrected chi connectivity index (χ0v) is 11.1. The summed E-state index contributed by atoms with van der Waals surface area (Å²) in [4.78, 5) is 26.5. The van der Waals surface area contributed by atoms with Crippen molar-refractivity contribution in [3.05, 3.63) is 39.9 Å². The van der Waals surface area contributed by atoms with Gasteiger partial charge < -0.3 is 5.32 Å². The van der Waals surface area contributed by atoms with Crippen LogP contribution in [0.4, 0.5) is 5.69 Å². The van der Waals surface area contributed by atoms with Crippen LogP contribution in [0.1, 0.15) is 23.7 Å². The smallest absolute Gasteiger partial charge is 0.282 e. The molecule has 1 amide bonds. The number of carbonyl (C=O) groups is 1. The van der Waals surface area contributed by atoms with Crippen LogP contribution in [-0.2, 0) is 0 Å². The number of nitro groups is 1. The van der Waals surface area contributed by atoms with Crippen molar-refractivity contribution in [3.63, 3.8) is 0 Å². The second kappa shape index (κ2) is 5.83. The van der Waals surface area contributed by atoms with Crippen LogP contribution in [0.5, 0.6) is 0 Å². The normalized spacial score (nSPS) is 17.9. The van der Waals surface area contributed by atoms with Gasteiger partial charge in [-0.2, -0.15) is 0 Å². The maximum absolute atomic E-state index is 12.0. The van der Waals surface area contributed by atoms with Crippen LogP contribution in [0, 0.1) is 10.1 Å². The maximum Gasteiger partial charge on any atom is 0.282 e. The van der Waals surface area contributed by atoms with Crippen molar-refractivity contribution >= 4 is 28.5 Å². The Kier molecular flexibility index (Phi) is 4.16. The second-order valence-electron chi connectivity index (χ2n) is 4.02. The van der Waals surface area contributed by atoms with Crippen molar-refractivity contribution in [3.8, 4) is 0 Å². The third kappa shape index (κ3) is 3.11. The van der Waals surface area contributed by atoms with Crippen molar-refractivity contribution in [2.24, 2.45) is 4.99 Å². The Morgan fingerprint density at radius 1 is 1.58 bits per heavy atom. The summed E-state index contributed by atoms with van der Waals surface area (Å²) < 4.78 is 0. The van der Waals surface area contributed by atoms with Crippen molar-refractivity contribution in [1.82, 2.24) is 5.32 Å². The largest absolute Gasteiger partial charge is 0.301 e. The van der Waals surface area contributed by atoms with Gasteiger partial charge in [0.1, 0.15) is 5.56 Å². The fraction of sp³-hybridized carbons (Fsp3) is 0.333. The van der Waals surface area contributed by atoms with E-state index >= 15 is 0 Å². The number of para-hydroxylation sites is 1.